The number of hydrogen-bond acceptors (Lipinski definition) is 7. The molecule has 0 spiro atoms. The normalized spacial score (nSPS) is 50.4. The predicted molar refractivity (Wildman–Crippen MR) is 150 cm³/mol. The first kappa shape index (κ1) is 28.3. The Labute approximate surface area is 245 Å². The van der Waals surface area contributed by atoms with Crippen molar-refractivity contribution in [1.29, 1.82) is 0 Å². The van der Waals surface area contributed by atoms with E-state index in [2.05, 4.69) is 13.8 Å². The summed E-state index contributed by atoms with van der Waals surface area (Å²) in [6.45, 7) is 10.6. The highest BCUT2D eigenvalue weighted by Crippen LogP contribution is 2.63. The van der Waals surface area contributed by atoms with Gasteiger partial charge in [0, 0.05) is 6.61 Å². The van der Waals surface area contributed by atoms with Crippen LogP contribution in [0.1, 0.15) is 98.8 Å². The molecule has 7 heteroatoms. The Morgan fingerprint density at radius 3 is 2.17 bits per heavy atom. The molecule has 7 nitrogen and oxygen atoms in total. The minimum absolute atomic E-state index is 0.0215. The number of cyclic esters (lactones) is 2. The zero-order chi connectivity index (χ0) is 28.8. The fourth-order valence-electron chi connectivity index (χ4n) is 11.5. The van der Waals surface area contributed by atoms with Crippen molar-refractivity contribution in [3.05, 3.63) is 0 Å². The summed E-state index contributed by atoms with van der Waals surface area (Å²) in [6, 6.07) is 0. The Morgan fingerprint density at radius 2 is 1.54 bits per heavy atom. The third kappa shape index (κ3) is 4.37. The van der Waals surface area contributed by atoms with Crippen molar-refractivity contribution in [3.8, 4) is 0 Å². The summed E-state index contributed by atoms with van der Waals surface area (Å²) in [7, 11) is 0. The molecule has 0 radical (unpaired) electrons. The van der Waals surface area contributed by atoms with Crippen molar-refractivity contribution < 1.29 is 33.3 Å². The summed E-state index contributed by atoms with van der Waals surface area (Å²) in [5.74, 6) is 0.782. The van der Waals surface area contributed by atoms with E-state index >= 15 is 0 Å². The third-order valence-electron chi connectivity index (χ3n) is 13.4. The second kappa shape index (κ2) is 10.0. The van der Waals surface area contributed by atoms with Gasteiger partial charge in [-0.05, 0) is 145 Å². The molecule has 0 amide bonds. The first-order valence-electron chi connectivity index (χ1n) is 16.8. The molecule has 8 rings (SSSR count). The van der Waals surface area contributed by atoms with E-state index in [1.165, 1.54) is 6.42 Å². The Kier molecular flexibility index (Phi) is 6.93. The summed E-state index contributed by atoms with van der Waals surface area (Å²) < 4.78 is 24.5. The summed E-state index contributed by atoms with van der Waals surface area (Å²) in [6.07, 6.45) is 10.8. The molecule has 0 aromatic carbocycles. The average molecular weight is 571 g/mol. The van der Waals surface area contributed by atoms with Crippen molar-refractivity contribution in [2.75, 3.05) is 6.61 Å². The standard InChI is InChI=1S/C34H50O7/c1-6-38-24-10-7-17(2)29(39-24)26-21-9-8-20(16-21)25(26)27-28(31(36)40-30(27)35)33(3,4)32(37)41-34(5)22-12-18-11-19(14-22)15-23(34)13-18/h17-29H,6-16H2,1-5H3. The fourth-order valence-corrected chi connectivity index (χ4v) is 11.5. The van der Waals surface area contributed by atoms with Gasteiger partial charge in [-0.2, -0.15) is 0 Å². The van der Waals surface area contributed by atoms with Crippen molar-refractivity contribution in [2.45, 2.75) is 117 Å². The van der Waals surface area contributed by atoms with Crippen LogP contribution >= 0.6 is 0 Å². The van der Waals surface area contributed by atoms with E-state index in [1.807, 2.05) is 20.8 Å². The lowest BCUT2D eigenvalue weighted by molar-refractivity contribution is -0.230. The van der Waals surface area contributed by atoms with Crippen LogP contribution in [0, 0.1) is 70.5 Å². The van der Waals surface area contributed by atoms with Gasteiger partial charge in [0.25, 0.3) is 0 Å². The maximum absolute atomic E-state index is 14.2. The topological polar surface area (TPSA) is 88.1 Å². The average Bonchev–Trinajstić information content (AvgIpc) is 3.61. The number of ether oxygens (including phenoxy) is 4. The summed E-state index contributed by atoms with van der Waals surface area (Å²) in [5.41, 5.74) is -1.65. The third-order valence-corrected chi connectivity index (χ3v) is 13.4. The van der Waals surface area contributed by atoms with Crippen LogP contribution < -0.4 is 0 Å². The van der Waals surface area contributed by atoms with Gasteiger partial charge in [0.05, 0.1) is 23.4 Å². The Bertz CT molecular complexity index is 1050. The molecule has 8 aliphatic rings. The first-order chi connectivity index (χ1) is 19.5. The molecule has 0 aromatic heterocycles. The van der Waals surface area contributed by atoms with Gasteiger partial charge in [-0.1, -0.05) is 6.92 Å². The van der Waals surface area contributed by atoms with E-state index in [-0.39, 0.29) is 30.2 Å². The van der Waals surface area contributed by atoms with E-state index in [0.29, 0.717) is 36.2 Å². The van der Waals surface area contributed by atoms with Crippen LogP contribution in [0.3, 0.4) is 0 Å². The highest BCUT2D eigenvalue weighted by atomic mass is 16.7. The van der Waals surface area contributed by atoms with Crippen LogP contribution in [-0.2, 0) is 33.3 Å². The highest BCUT2D eigenvalue weighted by molar-refractivity contribution is 6.00. The van der Waals surface area contributed by atoms with Gasteiger partial charge in [-0.3, -0.25) is 14.4 Å². The number of carbonyl (C=O) groups is 3. The second-order valence-electron chi connectivity index (χ2n) is 15.9. The van der Waals surface area contributed by atoms with Crippen LogP contribution in [0.15, 0.2) is 0 Å². The van der Waals surface area contributed by atoms with Crippen LogP contribution in [0.25, 0.3) is 0 Å². The molecule has 8 fully saturated rings. The molecule has 228 valence electrons. The predicted octanol–water partition coefficient (Wildman–Crippen LogP) is 5.93. The minimum atomic E-state index is -1.16. The highest BCUT2D eigenvalue weighted by Gasteiger charge is 2.66. The second-order valence-corrected chi connectivity index (χ2v) is 15.9. The first-order valence-corrected chi connectivity index (χ1v) is 16.8. The number of hydrogen-bond donors (Lipinski definition) is 0. The van der Waals surface area contributed by atoms with E-state index in [4.69, 9.17) is 18.9 Å². The minimum Gasteiger partial charge on any atom is -0.458 e. The molecule has 0 aromatic rings. The number of esters is 3. The number of rotatable bonds is 7. The SMILES string of the molecule is CCOC1CCC(C)C(C2C3CCC(C3)C2C2C(=O)OC(=O)C2C(C)(C)C(=O)OC2(C)C3CC4CC(C3)CC2C4)O1. The monoisotopic (exact) mass is 570 g/mol. The molecule has 9 atom stereocenters. The summed E-state index contributed by atoms with van der Waals surface area (Å²) in [5, 5.41) is 0. The Morgan fingerprint density at radius 1 is 0.902 bits per heavy atom. The molecule has 6 bridgehead atoms. The van der Waals surface area contributed by atoms with Gasteiger partial charge >= 0.3 is 17.9 Å². The zero-order valence-corrected chi connectivity index (χ0v) is 25.6. The maximum atomic E-state index is 14.2. The lowest BCUT2D eigenvalue weighted by atomic mass is 9.50. The van der Waals surface area contributed by atoms with Crippen molar-refractivity contribution in [3.63, 3.8) is 0 Å². The molecule has 41 heavy (non-hydrogen) atoms. The molecule has 2 saturated heterocycles. The molecule has 0 N–H and O–H groups in total. The number of fused-ring (bicyclic) bond motifs is 2. The van der Waals surface area contributed by atoms with Gasteiger partial charge in [0.2, 0.25) is 0 Å². The molecular weight excluding hydrogens is 520 g/mol. The maximum Gasteiger partial charge on any atom is 0.318 e. The van der Waals surface area contributed by atoms with Crippen molar-refractivity contribution in [2.24, 2.45) is 70.5 Å². The molecule has 2 aliphatic heterocycles. The fraction of sp³-hybridized carbons (Fsp3) is 0.912. The van der Waals surface area contributed by atoms with E-state index in [0.717, 1.165) is 69.6 Å². The van der Waals surface area contributed by atoms with Gasteiger partial charge in [-0.15, -0.1) is 0 Å². The molecule has 6 aliphatic carbocycles. The van der Waals surface area contributed by atoms with E-state index in [1.54, 1.807) is 0 Å². The summed E-state index contributed by atoms with van der Waals surface area (Å²) in [4.78, 5) is 41.3. The quantitative estimate of drug-likeness (QED) is 0.277. The van der Waals surface area contributed by atoms with Gasteiger partial charge in [0.1, 0.15) is 5.60 Å². The molecule has 9 unspecified atom stereocenters. The van der Waals surface area contributed by atoms with Crippen LogP contribution in [0.4, 0.5) is 0 Å². The molecule has 2 heterocycles. The van der Waals surface area contributed by atoms with Gasteiger partial charge < -0.3 is 18.9 Å². The smallest absolute Gasteiger partial charge is 0.318 e. The summed E-state index contributed by atoms with van der Waals surface area (Å²) >= 11 is 0. The van der Waals surface area contributed by atoms with Crippen LogP contribution in [0.5, 0.6) is 0 Å². The Hall–Kier alpha value is -1.47. The lowest BCUT2D eigenvalue weighted by Crippen LogP contribution is -2.59. The molecule has 6 saturated carbocycles. The lowest BCUT2D eigenvalue weighted by Gasteiger charge is -2.59. The zero-order valence-electron chi connectivity index (χ0n) is 25.6. The van der Waals surface area contributed by atoms with E-state index < -0.39 is 34.8 Å². The number of carbonyl (C=O) groups excluding carboxylic acids is 3. The molecular formula is C34H50O7. The van der Waals surface area contributed by atoms with Gasteiger partial charge in [-0.25, -0.2) is 0 Å². The van der Waals surface area contributed by atoms with Crippen LogP contribution in [0.2, 0.25) is 0 Å². The van der Waals surface area contributed by atoms with Crippen molar-refractivity contribution >= 4 is 17.9 Å². The van der Waals surface area contributed by atoms with Crippen LogP contribution in [-0.4, -0.2) is 42.5 Å². The largest absolute Gasteiger partial charge is 0.458 e. The Balaban J connectivity index is 1.16. The van der Waals surface area contributed by atoms with E-state index in [9.17, 15) is 14.4 Å². The van der Waals surface area contributed by atoms with Gasteiger partial charge in [0.15, 0.2) is 6.29 Å². The van der Waals surface area contributed by atoms with Crippen molar-refractivity contribution in [1.82, 2.24) is 0 Å².